The van der Waals surface area contributed by atoms with Crippen molar-refractivity contribution in [3.05, 3.63) is 65.0 Å². The average molecular weight is 581 g/mol. The molecule has 0 spiro atoms. The van der Waals surface area contributed by atoms with Crippen LogP contribution in [0.3, 0.4) is 0 Å². The predicted octanol–water partition coefficient (Wildman–Crippen LogP) is 5.62. The summed E-state index contributed by atoms with van der Waals surface area (Å²) < 4.78 is 7.32. The van der Waals surface area contributed by atoms with Gasteiger partial charge in [0.05, 0.1) is 22.1 Å². The summed E-state index contributed by atoms with van der Waals surface area (Å²) in [5.41, 5.74) is 1.98. The molecule has 0 radical (unpaired) electrons. The highest BCUT2D eigenvalue weighted by atomic mass is 35.5. The van der Waals surface area contributed by atoms with Gasteiger partial charge in [0.15, 0.2) is 0 Å². The summed E-state index contributed by atoms with van der Waals surface area (Å²) in [6.07, 6.45) is 6.81. The Kier molecular flexibility index (Phi) is 9.32. The van der Waals surface area contributed by atoms with Gasteiger partial charge in [0.25, 0.3) is 5.91 Å². The number of pyridine rings is 1. The highest BCUT2D eigenvalue weighted by molar-refractivity contribution is 6.35. The van der Waals surface area contributed by atoms with Gasteiger partial charge in [0.1, 0.15) is 5.60 Å². The molecular formula is C30H37ClN6O4. The maximum atomic E-state index is 13.2. The molecule has 2 aromatic heterocycles. The first-order chi connectivity index (χ1) is 19.4. The van der Waals surface area contributed by atoms with Gasteiger partial charge in [-0.1, -0.05) is 23.7 Å². The molecule has 218 valence electrons. The number of likely N-dealkylation sites (tertiary alicyclic amines) is 1. The molecule has 1 aliphatic heterocycles. The van der Waals surface area contributed by atoms with Gasteiger partial charge >= 0.3 is 6.09 Å². The second-order valence-corrected chi connectivity index (χ2v) is 11.7. The highest BCUT2D eigenvalue weighted by Crippen LogP contribution is 2.34. The topological polar surface area (TPSA) is 110 Å². The van der Waals surface area contributed by atoms with Gasteiger partial charge in [-0.3, -0.25) is 19.9 Å². The largest absolute Gasteiger partial charge is 0.444 e. The molecule has 3 amide bonds. The van der Waals surface area contributed by atoms with E-state index < -0.39 is 11.7 Å². The van der Waals surface area contributed by atoms with E-state index in [1.54, 1.807) is 63.2 Å². The number of imidazole rings is 1. The molecule has 0 bridgehead atoms. The van der Waals surface area contributed by atoms with E-state index in [4.69, 9.17) is 21.3 Å². The number of aryl methyl sites for hydroxylation is 1. The quantitative estimate of drug-likeness (QED) is 0.379. The van der Waals surface area contributed by atoms with Crippen LogP contribution in [-0.2, 0) is 9.53 Å². The number of likely N-dealkylation sites (N-methyl/N-ethyl adjacent to an activating group) is 1. The van der Waals surface area contributed by atoms with Crippen LogP contribution >= 0.6 is 11.6 Å². The number of carbonyl (C=O) groups is 3. The summed E-state index contributed by atoms with van der Waals surface area (Å²) in [5.74, 6) is -0.0778. The molecule has 41 heavy (non-hydrogen) atoms. The molecule has 0 aliphatic carbocycles. The summed E-state index contributed by atoms with van der Waals surface area (Å²) in [5, 5.41) is 3.48. The minimum Gasteiger partial charge on any atom is -0.444 e. The molecule has 1 saturated heterocycles. The fourth-order valence-corrected chi connectivity index (χ4v) is 5.03. The minimum absolute atomic E-state index is 0.150. The first-order valence-corrected chi connectivity index (χ1v) is 14.1. The van der Waals surface area contributed by atoms with E-state index in [0.717, 1.165) is 25.0 Å². The number of aromatic nitrogens is 3. The second-order valence-electron chi connectivity index (χ2n) is 11.3. The number of fused-ring (bicyclic) bond motifs is 1. The fourth-order valence-electron chi connectivity index (χ4n) is 4.77. The summed E-state index contributed by atoms with van der Waals surface area (Å²) in [6.45, 7) is 8.50. The molecule has 3 aromatic rings. The Bertz CT molecular complexity index is 1460. The Hall–Kier alpha value is -3.92. The number of hydrogen-bond donors (Lipinski definition) is 1. The van der Waals surface area contributed by atoms with Crippen molar-refractivity contribution in [2.24, 2.45) is 0 Å². The van der Waals surface area contributed by atoms with Crippen molar-refractivity contribution >= 4 is 46.5 Å². The van der Waals surface area contributed by atoms with Crippen molar-refractivity contribution in [2.45, 2.75) is 58.6 Å². The van der Waals surface area contributed by atoms with Gasteiger partial charge in [-0.2, -0.15) is 0 Å². The average Bonchev–Trinajstić information content (AvgIpc) is 3.09. The lowest BCUT2D eigenvalue weighted by molar-refractivity contribution is -0.126. The number of para-hydroxylation sites is 1. The summed E-state index contributed by atoms with van der Waals surface area (Å²) in [4.78, 5) is 50.7. The fraction of sp³-hybridized carbons (Fsp3) is 0.433. The smallest absolute Gasteiger partial charge is 0.410 e. The van der Waals surface area contributed by atoms with Crippen LogP contribution in [0.1, 0.15) is 62.1 Å². The van der Waals surface area contributed by atoms with Crippen molar-refractivity contribution in [1.29, 1.82) is 0 Å². The van der Waals surface area contributed by atoms with Gasteiger partial charge in [-0.25, -0.2) is 9.78 Å². The van der Waals surface area contributed by atoms with E-state index in [-0.39, 0.29) is 24.4 Å². The van der Waals surface area contributed by atoms with Crippen molar-refractivity contribution < 1.29 is 19.1 Å². The zero-order chi connectivity index (χ0) is 29.7. The van der Waals surface area contributed by atoms with Gasteiger partial charge in [-0.15, -0.1) is 0 Å². The van der Waals surface area contributed by atoms with Crippen LogP contribution in [-0.4, -0.2) is 74.5 Å². The predicted molar refractivity (Wildman–Crippen MR) is 159 cm³/mol. The Morgan fingerprint density at radius 2 is 2.00 bits per heavy atom. The maximum Gasteiger partial charge on any atom is 0.410 e. The number of nitrogens with one attached hydrogen (secondary N) is 1. The number of benzene rings is 1. The Morgan fingerprint density at radius 3 is 2.73 bits per heavy atom. The monoisotopic (exact) mass is 580 g/mol. The third-order valence-corrected chi connectivity index (χ3v) is 7.02. The van der Waals surface area contributed by atoms with Crippen molar-refractivity contribution in [3.8, 4) is 0 Å². The van der Waals surface area contributed by atoms with Gasteiger partial charge < -0.3 is 19.1 Å². The molecule has 1 atom stereocenters. The molecular weight excluding hydrogens is 544 g/mol. The van der Waals surface area contributed by atoms with Crippen LogP contribution in [0.25, 0.3) is 11.0 Å². The Morgan fingerprint density at radius 1 is 1.22 bits per heavy atom. The van der Waals surface area contributed by atoms with Crippen LogP contribution in [0.2, 0.25) is 5.02 Å². The third-order valence-electron chi connectivity index (χ3n) is 6.71. The Balaban J connectivity index is 1.55. The van der Waals surface area contributed by atoms with E-state index in [9.17, 15) is 14.4 Å². The zero-order valence-electron chi connectivity index (χ0n) is 24.2. The number of hydrogen-bond acceptors (Lipinski definition) is 6. The van der Waals surface area contributed by atoms with Gasteiger partial charge in [-0.05, 0) is 71.2 Å². The van der Waals surface area contributed by atoms with Crippen LogP contribution in [0.15, 0.2) is 48.7 Å². The molecule has 0 saturated carbocycles. The first kappa shape index (κ1) is 30.0. The lowest BCUT2D eigenvalue weighted by atomic mass is 10.1. The van der Waals surface area contributed by atoms with Crippen molar-refractivity contribution in [1.82, 2.24) is 24.3 Å². The van der Waals surface area contributed by atoms with Crippen LogP contribution in [0.4, 0.5) is 10.7 Å². The summed E-state index contributed by atoms with van der Waals surface area (Å²) in [6, 6.07) is 8.67. The van der Waals surface area contributed by atoms with E-state index in [1.807, 2.05) is 23.6 Å². The van der Waals surface area contributed by atoms with E-state index in [0.29, 0.717) is 40.7 Å². The molecule has 1 aliphatic rings. The van der Waals surface area contributed by atoms with Gasteiger partial charge in [0, 0.05) is 50.2 Å². The molecule has 3 heterocycles. The maximum absolute atomic E-state index is 13.2. The van der Waals surface area contributed by atoms with E-state index in [2.05, 4.69) is 10.3 Å². The molecule has 11 heteroatoms. The van der Waals surface area contributed by atoms with E-state index in [1.165, 1.54) is 11.0 Å². The number of halogens is 1. The van der Waals surface area contributed by atoms with Crippen molar-refractivity contribution in [3.63, 3.8) is 0 Å². The lowest BCUT2D eigenvalue weighted by Crippen LogP contribution is -2.35. The minimum atomic E-state index is -0.595. The normalized spacial score (nSPS) is 16.0. The van der Waals surface area contributed by atoms with Crippen molar-refractivity contribution in [2.75, 3.05) is 32.0 Å². The molecule has 1 N–H and O–H groups in total. The van der Waals surface area contributed by atoms with Crippen LogP contribution in [0.5, 0.6) is 0 Å². The SMILES string of the molecule is Cc1cc(C(=O)Nc2nc3cccc(Cl)c3n2[C@@H]2CCCCN(C(=O)/C=C/CN(C)C(=O)OC(C)(C)C)C2)ccn1. The number of nitrogens with zero attached hydrogens (tertiary/aromatic N) is 5. The molecule has 1 aromatic carbocycles. The molecule has 4 rings (SSSR count). The number of carbonyl (C=O) groups excluding carboxylic acids is 3. The summed E-state index contributed by atoms with van der Waals surface area (Å²) >= 11 is 6.66. The first-order valence-electron chi connectivity index (χ1n) is 13.7. The van der Waals surface area contributed by atoms with Crippen LogP contribution < -0.4 is 5.32 Å². The Labute approximate surface area is 245 Å². The van der Waals surface area contributed by atoms with Crippen LogP contribution in [0, 0.1) is 6.92 Å². The van der Waals surface area contributed by atoms with Gasteiger partial charge in [0.2, 0.25) is 11.9 Å². The number of rotatable bonds is 6. The summed E-state index contributed by atoms with van der Waals surface area (Å²) in [7, 11) is 1.63. The highest BCUT2D eigenvalue weighted by Gasteiger charge is 2.28. The second kappa shape index (κ2) is 12.7. The lowest BCUT2D eigenvalue weighted by Gasteiger charge is -2.26. The third kappa shape index (κ3) is 7.64. The standard InChI is InChI=1S/C30H37ClN6O4/c1-20-18-21(14-15-32-20)27(39)34-28-33-24-12-8-11-23(31)26(24)37(28)22-10-6-7-17-36(19-22)25(38)13-9-16-35(5)29(40)41-30(2,3)4/h8-9,11-15,18,22H,6-7,10,16-17,19H2,1-5H3,(H,33,34,39)/b13-9+/t22-/m1/s1. The zero-order valence-corrected chi connectivity index (χ0v) is 24.9. The molecule has 0 unspecified atom stereocenters. The number of amides is 3. The molecule has 1 fully saturated rings. The number of ether oxygens (including phenoxy) is 1. The van der Waals surface area contributed by atoms with E-state index >= 15 is 0 Å². The molecule has 10 nitrogen and oxygen atoms in total. The number of anilines is 1.